The number of hydrogen-bond acceptors (Lipinski definition) is 3. The van der Waals surface area contributed by atoms with Crippen molar-refractivity contribution in [2.24, 2.45) is 0 Å². The van der Waals surface area contributed by atoms with Gasteiger partial charge in [-0.2, -0.15) is 0 Å². The van der Waals surface area contributed by atoms with E-state index in [4.69, 9.17) is 5.73 Å². The fraction of sp³-hybridized carbons (Fsp3) is 0.100. The van der Waals surface area contributed by atoms with Gasteiger partial charge in [0.1, 0.15) is 0 Å². The summed E-state index contributed by atoms with van der Waals surface area (Å²) in [5, 5.41) is 0. The van der Waals surface area contributed by atoms with E-state index in [1.807, 2.05) is 23.9 Å². The second kappa shape index (κ2) is 2.78. The molecule has 1 aliphatic heterocycles. The van der Waals surface area contributed by atoms with E-state index in [1.54, 1.807) is 0 Å². The second-order valence-electron chi connectivity index (χ2n) is 3.23. The summed E-state index contributed by atoms with van der Waals surface area (Å²) in [6.07, 6.45) is 0. The van der Waals surface area contributed by atoms with Crippen molar-refractivity contribution in [1.82, 2.24) is 9.97 Å². The fourth-order valence-electron chi connectivity index (χ4n) is 1.69. The van der Waals surface area contributed by atoms with Gasteiger partial charge in [-0.25, -0.2) is 4.98 Å². The van der Waals surface area contributed by atoms with E-state index < -0.39 is 0 Å². The van der Waals surface area contributed by atoms with Crippen LogP contribution in [0.25, 0.3) is 11.3 Å². The first-order valence-electron chi connectivity index (χ1n) is 4.41. The van der Waals surface area contributed by atoms with Crippen LogP contribution in [0.4, 0.5) is 5.95 Å². The normalized spacial score (nSPS) is 13.4. The Morgan fingerprint density at radius 2 is 2.21 bits per heavy atom. The number of aromatic amines is 1. The molecule has 4 heteroatoms. The number of nitrogen functional groups attached to an aromatic ring is 1. The van der Waals surface area contributed by atoms with Crippen LogP contribution in [0.5, 0.6) is 0 Å². The van der Waals surface area contributed by atoms with Crippen LogP contribution in [0.2, 0.25) is 0 Å². The van der Waals surface area contributed by atoms with Crippen LogP contribution in [-0.4, -0.2) is 9.97 Å². The van der Waals surface area contributed by atoms with Crippen LogP contribution in [-0.2, 0) is 5.75 Å². The van der Waals surface area contributed by atoms with Crippen LogP contribution in [0.15, 0.2) is 29.2 Å². The molecule has 1 aromatic heterocycles. The zero-order valence-corrected chi connectivity index (χ0v) is 8.27. The van der Waals surface area contributed by atoms with Crippen molar-refractivity contribution in [3.63, 3.8) is 0 Å². The molecule has 0 amide bonds. The molecular weight excluding hydrogens is 194 g/mol. The number of hydrogen-bond donors (Lipinski definition) is 2. The predicted molar refractivity (Wildman–Crippen MR) is 58.0 cm³/mol. The van der Waals surface area contributed by atoms with Gasteiger partial charge >= 0.3 is 0 Å². The number of nitrogens with two attached hydrogens (primary N) is 1. The molecule has 1 aliphatic rings. The Labute approximate surface area is 85.7 Å². The third-order valence-electron chi connectivity index (χ3n) is 2.31. The van der Waals surface area contributed by atoms with E-state index in [0.717, 1.165) is 17.1 Å². The number of nitrogens with one attached hydrogen (secondary N) is 1. The summed E-state index contributed by atoms with van der Waals surface area (Å²) in [6.45, 7) is 0. The summed E-state index contributed by atoms with van der Waals surface area (Å²) < 4.78 is 0. The van der Waals surface area contributed by atoms with Gasteiger partial charge in [-0.05, 0) is 6.07 Å². The Kier molecular flexibility index (Phi) is 1.58. The van der Waals surface area contributed by atoms with E-state index in [1.165, 1.54) is 10.5 Å². The summed E-state index contributed by atoms with van der Waals surface area (Å²) in [5.74, 6) is 1.43. The number of benzene rings is 1. The third-order valence-corrected chi connectivity index (χ3v) is 3.41. The summed E-state index contributed by atoms with van der Waals surface area (Å²) in [6, 6.07) is 8.28. The maximum atomic E-state index is 5.64. The molecule has 0 saturated carbocycles. The minimum atomic E-state index is 0.507. The van der Waals surface area contributed by atoms with Gasteiger partial charge in [-0.3, -0.25) is 0 Å². The number of fused-ring (bicyclic) bond motifs is 3. The summed E-state index contributed by atoms with van der Waals surface area (Å²) in [7, 11) is 0. The van der Waals surface area contributed by atoms with Crippen LogP contribution in [0, 0.1) is 0 Å². The summed E-state index contributed by atoms with van der Waals surface area (Å²) in [4.78, 5) is 8.67. The number of rotatable bonds is 0. The molecule has 2 aromatic rings. The number of anilines is 1. The molecular formula is C10H9N3S. The van der Waals surface area contributed by atoms with Crippen molar-refractivity contribution in [2.75, 3.05) is 5.73 Å². The lowest BCUT2D eigenvalue weighted by Gasteiger charge is -2.13. The smallest absolute Gasteiger partial charge is 0.198 e. The average Bonchev–Trinajstić information content (AvgIpc) is 2.59. The molecule has 0 bridgehead atoms. The van der Waals surface area contributed by atoms with Crippen molar-refractivity contribution in [2.45, 2.75) is 10.6 Å². The molecule has 3 nitrogen and oxygen atoms in total. The van der Waals surface area contributed by atoms with E-state index in [0.29, 0.717) is 5.95 Å². The highest BCUT2D eigenvalue weighted by Crippen LogP contribution is 2.39. The largest absolute Gasteiger partial charge is 0.369 e. The molecule has 0 saturated heterocycles. The molecule has 0 atom stereocenters. The number of thioether (sulfide) groups is 1. The van der Waals surface area contributed by atoms with E-state index in [9.17, 15) is 0 Å². The molecule has 0 spiro atoms. The third kappa shape index (κ3) is 1.04. The van der Waals surface area contributed by atoms with Gasteiger partial charge in [0.15, 0.2) is 5.95 Å². The van der Waals surface area contributed by atoms with Crippen LogP contribution in [0.1, 0.15) is 5.69 Å². The van der Waals surface area contributed by atoms with Crippen molar-refractivity contribution >= 4 is 17.7 Å². The van der Waals surface area contributed by atoms with Gasteiger partial charge in [-0.15, -0.1) is 11.8 Å². The second-order valence-corrected chi connectivity index (χ2v) is 4.25. The maximum absolute atomic E-state index is 5.64. The summed E-state index contributed by atoms with van der Waals surface area (Å²) >= 11 is 1.82. The standard InChI is InChI=1S/C10H9N3S/c11-10-12-7-5-14-8-4-2-1-3-6(8)9(7)13-10/h1-4H,5H2,(H3,11,12,13). The van der Waals surface area contributed by atoms with Gasteiger partial charge < -0.3 is 10.7 Å². The minimum Gasteiger partial charge on any atom is -0.369 e. The van der Waals surface area contributed by atoms with E-state index in [2.05, 4.69) is 22.1 Å². The van der Waals surface area contributed by atoms with Crippen molar-refractivity contribution in [1.29, 1.82) is 0 Å². The maximum Gasteiger partial charge on any atom is 0.198 e. The highest BCUT2D eigenvalue weighted by Gasteiger charge is 2.19. The number of nitrogens with zero attached hydrogens (tertiary/aromatic N) is 1. The van der Waals surface area contributed by atoms with Gasteiger partial charge in [0.25, 0.3) is 0 Å². The topological polar surface area (TPSA) is 54.7 Å². The first-order valence-corrected chi connectivity index (χ1v) is 5.40. The Morgan fingerprint density at radius 1 is 1.36 bits per heavy atom. The Balaban J connectivity index is 2.28. The monoisotopic (exact) mass is 203 g/mol. The zero-order chi connectivity index (χ0) is 9.54. The van der Waals surface area contributed by atoms with Crippen molar-refractivity contribution in [3.8, 4) is 11.3 Å². The van der Waals surface area contributed by atoms with Gasteiger partial charge in [0.2, 0.25) is 0 Å². The lowest BCUT2D eigenvalue weighted by molar-refractivity contribution is 1.21. The van der Waals surface area contributed by atoms with E-state index in [-0.39, 0.29) is 0 Å². The first-order chi connectivity index (χ1) is 6.84. The molecule has 14 heavy (non-hydrogen) atoms. The molecule has 3 rings (SSSR count). The minimum absolute atomic E-state index is 0.507. The quantitative estimate of drug-likeness (QED) is 0.690. The SMILES string of the molecule is Nc1nc2c([nH]1)CSc1ccccc1-2. The van der Waals surface area contributed by atoms with Crippen LogP contribution in [0.3, 0.4) is 0 Å². The number of imidazole rings is 1. The first kappa shape index (κ1) is 7.94. The van der Waals surface area contributed by atoms with Crippen LogP contribution < -0.4 is 5.73 Å². The molecule has 1 aromatic carbocycles. The lowest BCUT2D eigenvalue weighted by atomic mass is 10.1. The summed E-state index contributed by atoms with van der Waals surface area (Å²) in [5.41, 5.74) is 8.97. The number of H-pyrrole nitrogens is 1. The predicted octanol–water partition coefficient (Wildman–Crippen LogP) is 2.26. The highest BCUT2D eigenvalue weighted by atomic mass is 32.2. The van der Waals surface area contributed by atoms with Crippen molar-refractivity contribution in [3.05, 3.63) is 30.0 Å². The van der Waals surface area contributed by atoms with Crippen molar-refractivity contribution < 1.29 is 0 Å². The molecule has 70 valence electrons. The van der Waals surface area contributed by atoms with Crippen LogP contribution >= 0.6 is 11.8 Å². The Bertz CT molecular complexity index is 490. The molecule has 3 N–H and O–H groups in total. The lowest BCUT2D eigenvalue weighted by Crippen LogP contribution is -1.94. The van der Waals surface area contributed by atoms with E-state index >= 15 is 0 Å². The molecule has 0 fully saturated rings. The fourth-order valence-corrected chi connectivity index (χ4v) is 2.70. The molecule has 0 unspecified atom stereocenters. The highest BCUT2D eigenvalue weighted by molar-refractivity contribution is 7.98. The van der Waals surface area contributed by atoms with Gasteiger partial charge in [0.05, 0.1) is 11.4 Å². The molecule has 0 aliphatic carbocycles. The number of aromatic nitrogens is 2. The molecule has 2 heterocycles. The Morgan fingerprint density at radius 3 is 3.14 bits per heavy atom. The zero-order valence-electron chi connectivity index (χ0n) is 7.45. The van der Waals surface area contributed by atoms with Gasteiger partial charge in [0, 0.05) is 16.2 Å². The average molecular weight is 203 g/mol. The van der Waals surface area contributed by atoms with Gasteiger partial charge in [-0.1, -0.05) is 18.2 Å². The Hall–Kier alpha value is -1.42. The molecule has 0 radical (unpaired) electrons.